The van der Waals surface area contributed by atoms with Crippen molar-refractivity contribution in [1.29, 1.82) is 0 Å². The third-order valence-electron chi connectivity index (χ3n) is 2.63. The zero-order valence-electron chi connectivity index (χ0n) is 11.7. The minimum atomic E-state index is -0.286. The second-order valence-electron chi connectivity index (χ2n) is 5.64. The fourth-order valence-corrected chi connectivity index (χ4v) is 1.89. The molecule has 0 rings (SSSR count). The van der Waals surface area contributed by atoms with Crippen LogP contribution in [0.3, 0.4) is 0 Å². The van der Waals surface area contributed by atoms with Crippen LogP contribution in [0.4, 0.5) is 0 Å². The molecule has 0 N–H and O–H groups in total. The second-order valence-corrected chi connectivity index (χ2v) is 5.64. The van der Waals surface area contributed by atoms with E-state index in [9.17, 15) is 9.59 Å². The lowest BCUT2D eigenvalue weighted by molar-refractivity contribution is -0.150. The zero-order valence-corrected chi connectivity index (χ0v) is 11.7. The summed E-state index contributed by atoms with van der Waals surface area (Å²) in [5, 5.41) is 0. The van der Waals surface area contributed by atoms with E-state index in [1.807, 2.05) is 0 Å². The summed E-state index contributed by atoms with van der Waals surface area (Å²) >= 11 is 0. The first-order valence-corrected chi connectivity index (χ1v) is 5.87. The molecule has 0 radical (unpaired) electrons. The third-order valence-corrected chi connectivity index (χ3v) is 2.63. The molecule has 0 aromatic rings. The molecule has 0 unspecified atom stereocenters. The maximum atomic E-state index is 11.7. The molecule has 0 fully saturated rings. The molecular weight excluding hydrogens is 220 g/mol. The Morgan fingerprint density at radius 1 is 1.06 bits per heavy atom. The molecule has 0 heterocycles. The highest BCUT2D eigenvalue weighted by Gasteiger charge is 2.29. The van der Waals surface area contributed by atoms with Gasteiger partial charge >= 0.3 is 11.9 Å². The standard InChI is InChI=1S/C13H24O4/c1-9(11(14)16-5)7-10(12(15)17-6)8-13(2,3)4/h9-10H,7-8H2,1-6H3/t9-,10-/m1/s1. The Bertz CT molecular complexity index is 265. The van der Waals surface area contributed by atoms with Gasteiger partial charge in [0, 0.05) is 0 Å². The van der Waals surface area contributed by atoms with Gasteiger partial charge in [-0.25, -0.2) is 0 Å². The van der Waals surface area contributed by atoms with Gasteiger partial charge in [0.15, 0.2) is 0 Å². The maximum Gasteiger partial charge on any atom is 0.308 e. The van der Waals surface area contributed by atoms with Crippen molar-refractivity contribution < 1.29 is 19.1 Å². The van der Waals surface area contributed by atoms with Crippen LogP contribution in [0.1, 0.15) is 40.5 Å². The van der Waals surface area contributed by atoms with Gasteiger partial charge in [0.2, 0.25) is 0 Å². The molecule has 4 heteroatoms. The summed E-state index contributed by atoms with van der Waals surface area (Å²) in [4.78, 5) is 23.0. The van der Waals surface area contributed by atoms with E-state index in [1.54, 1.807) is 6.92 Å². The number of carbonyl (C=O) groups excluding carboxylic acids is 2. The predicted molar refractivity (Wildman–Crippen MR) is 65.4 cm³/mol. The van der Waals surface area contributed by atoms with E-state index in [4.69, 9.17) is 4.74 Å². The topological polar surface area (TPSA) is 52.6 Å². The van der Waals surface area contributed by atoms with Crippen molar-refractivity contribution in [2.24, 2.45) is 17.3 Å². The lowest BCUT2D eigenvalue weighted by atomic mass is 9.81. The van der Waals surface area contributed by atoms with E-state index in [0.717, 1.165) is 0 Å². The normalized spacial score (nSPS) is 14.9. The number of methoxy groups -OCH3 is 2. The van der Waals surface area contributed by atoms with Gasteiger partial charge in [0.05, 0.1) is 26.1 Å². The van der Waals surface area contributed by atoms with Gasteiger partial charge in [0.1, 0.15) is 0 Å². The molecule has 0 aliphatic carbocycles. The summed E-state index contributed by atoms with van der Waals surface area (Å²) in [5.74, 6) is -1.08. The number of rotatable bonds is 5. The van der Waals surface area contributed by atoms with Crippen molar-refractivity contribution in [2.45, 2.75) is 40.5 Å². The highest BCUT2D eigenvalue weighted by molar-refractivity contribution is 5.75. The Morgan fingerprint density at radius 2 is 1.53 bits per heavy atom. The van der Waals surface area contributed by atoms with E-state index in [-0.39, 0.29) is 29.2 Å². The quantitative estimate of drug-likeness (QED) is 0.697. The predicted octanol–water partition coefficient (Wildman–Crippen LogP) is 2.41. The fraction of sp³-hybridized carbons (Fsp3) is 0.846. The third kappa shape index (κ3) is 6.29. The summed E-state index contributed by atoms with van der Waals surface area (Å²) < 4.78 is 9.45. The summed E-state index contributed by atoms with van der Waals surface area (Å²) in [6.45, 7) is 7.95. The first-order valence-electron chi connectivity index (χ1n) is 5.87. The van der Waals surface area contributed by atoms with E-state index >= 15 is 0 Å². The lowest BCUT2D eigenvalue weighted by Crippen LogP contribution is -2.26. The van der Waals surface area contributed by atoms with E-state index in [0.29, 0.717) is 12.8 Å². The van der Waals surface area contributed by atoms with E-state index in [1.165, 1.54) is 14.2 Å². The highest BCUT2D eigenvalue weighted by atomic mass is 16.5. The van der Waals surface area contributed by atoms with Crippen LogP contribution in [0.5, 0.6) is 0 Å². The average Bonchev–Trinajstić information content (AvgIpc) is 2.23. The summed E-state index contributed by atoms with van der Waals surface area (Å²) in [5.41, 5.74) is 0.0225. The van der Waals surface area contributed by atoms with Gasteiger partial charge in [-0.2, -0.15) is 0 Å². The molecule has 0 bridgehead atoms. The van der Waals surface area contributed by atoms with Crippen LogP contribution in [-0.4, -0.2) is 26.2 Å². The van der Waals surface area contributed by atoms with Crippen LogP contribution in [0.15, 0.2) is 0 Å². The van der Waals surface area contributed by atoms with Crippen LogP contribution < -0.4 is 0 Å². The molecule has 17 heavy (non-hydrogen) atoms. The second kappa shape index (κ2) is 6.62. The molecule has 0 saturated heterocycles. The molecule has 4 nitrogen and oxygen atoms in total. The summed E-state index contributed by atoms with van der Waals surface area (Å²) in [6, 6.07) is 0. The van der Waals surface area contributed by atoms with Gasteiger partial charge in [-0.15, -0.1) is 0 Å². The van der Waals surface area contributed by atoms with Crippen molar-refractivity contribution in [3.8, 4) is 0 Å². The fourth-order valence-electron chi connectivity index (χ4n) is 1.89. The molecule has 0 aromatic carbocycles. The molecule has 2 atom stereocenters. The molecular formula is C13H24O4. The van der Waals surface area contributed by atoms with Crippen LogP contribution in [0, 0.1) is 17.3 Å². The van der Waals surface area contributed by atoms with Crippen LogP contribution in [-0.2, 0) is 19.1 Å². The summed E-state index contributed by atoms with van der Waals surface area (Å²) in [7, 11) is 2.73. The zero-order chi connectivity index (χ0) is 13.6. The number of hydrogen-bond acceptors (Lipinski definition) is 4. The monoisotopic (exact) mass is 244 g/mol. The Hall–Kier alpha value is -1.06. The van der Waals surface area contributed by atoms with Gasteiger partial charge in [-0.3, -0.25) is 9.59 Å². The molecule has 0 amide bonds. The van der Waals surface area contributed by atoms with Crippen molar-refractivity contribution in [3.63, 3.8) is 0 Å². The molecule has 0 spiro atoms. The van der Waals surface area contributed by atoms with Crippen molar-refractivity contribution in [2.75, 3.05) is 14.2 Å². The smallest absolute Gasteiger partial charge is 0.308 e. The van der Waals surface area contributed by atoms with Crippen LogP contribution in [0.25, 0.3) is 0 Å². The first-order chi connectivity index (χ1) is 7.71. The molecule has 0 aliphatic heterocycles. The van der Waals surface area contributed by atoms with Gasteiger partial charge in [-0.1, -0.05) is 27.7 Å². The minimum absolute atomic E-state index is 0.0225. The first kappa shape index (κ1) is 15.9. The number of esters is 2. The Kier molecular flexibility index (Phi) is 6.21. The molecule has 0 aromatic heterocycles. The van der Waals surface area contributed by atoms with Crippen molar-refractivity contribution in [3.05, 3.63) is 0 Å². The molecule has 0 saturated carbocycles. The molecule has 100 valence electrons. The summed E-state index contributed by atoms with van der Waals surface area (Å²) in [6.07, 6.45) is 1.16. The number of carbonyl (C=O) groups is 2. The van der Waals surface area contributed by atoms with Crippen LogP contribution >= 0.6 is 0 Å². The Balaban J connectivity index is 4.60. The van der Waals surface area contributed by atoms with Crippen molar-refractivity contribution >= 4 is 11.9 Å². The molecule has 0 aliphatic rings. The van der Waals surface area contributed by atoms with Gasteiger partial charge < -0.3 is 9.47 Å². The SMILES string of the molecule is COC(=O)[C@H](C[C@@H](C)C(=O)OC)CC(C)(C)C. The minimum Gasteiger partial charge on any atom is -0.469 e. The average molecular weight is 244 g/mol. The number of ether oxygens (including phenoxy) is 2. The lowest BCUT2D eigenvalue weighted by Gasteiger charge is -2.25. The van der Waals surface area contributed by atoms with Gasteiger partial charge in [-0.05, 0) is 18.3 Å². The van der Waals surface area contributed by atoms with Gasteiger partial charge in [0.25, 0.3) is 0 Å². The Labute approximate surface area is 104 Å². The van der Waals surface area contributed by atoms with Crippen LogP contribution in [0.2, 0.25) is 0 Å². The van der Waals surface area contributed by atoms with Crippen molar-refractivity contribution in [1.82, 2.24) is 0 Å². The highest BCUT2D eigenvalue weighted by Crippen LogP contribution is 2.29. The number of hydrogen-bond donors (Lipinski definition) is 0. The van der Waals surface area contributed by atoms with E-state index in [2.05, 4.69) is 25.5 Å². The Morgan fingerprint density at radius 3 is 1.88 bits per heavy atom. The largest absolute Gasteiger partial charge is 0.469 e. The maximum absolute atomic E-state index is 11.7. The van der Waals surface area contributed by atoms with E-state index < -0.39 is 0 Å².